The Kier molecular flexibility index (Phi) is 3.18. The first-order valence-corrected chi connectivity index (χ1v) is 7.58. The molecule has 3 rings (SSSR count). The van der Waals surface area contributed by atoms with Gasteiger partial charge in [0.25, 0.3) is 0 Å². The maximum absolute atomic E-state index is 4.83. The zero-order chi connectivity index (χ0) is 12.7. The van der Waals surface area contributed by atoms with E-state index in [9.17, 15) is 0 Å². The Morgan fingerprint density at radius 3 is 2.67 bits per heavy atom. The SMILES string of the molecule is Cc1cc(Br)cc2[nH]c(C3CCC(C)CC3)nc12. The van der Waals surface area contributed by atoms with Crippen LogP contribution in [0.5, 0.6) is 0 Å². The lowest BCUT2D eigenvalue weighted by atomic mass is 9.83. The van der Waals surface area contributed by atoms with Crippen molar-refractivity contribution in [3.8, 4) is 0 Å². The normalized spacial score (nSPS) is 24.6. The number of hydrogen-bond acceptors (Lipinski definition) is 1. The van der Waals surface area contributed by atoms with Gasteiger partial charge in [-0.15, -0.1) is 0 Å². The number of H-pyrrole nitrogens is 1. The van der Waals surface area contributed by atoms with E-state index in [4.69, 9.17) is 4.98 Å². The molecule has 0 radical (unpaired) electrons. The van der Waals surface area contributed by atoms with Crippen LogP contribution in [0.2, 0.25) is 0 Å². The summed E-state index contributed by atoms with van der Waals surface area (Å²) in [7, 11) is 0. The van der Waals surface area contributed by atoms with Gasteiger partial charge in [-0.05, 0) is 43.4 Å². The third-order valence-electron chi connectivity index (χ3n) is 4.16. The Morgan fingerprint density at radius 2 is 1.94 bits per heavy atom. The lowest BCUT2D eigenvalue weighted by Gasteiger charge is -2.24. The summed E-state index contributed by atoms with van der Waals surface area (Å²) in [6.07, 6.45) is 5.23. The molecule has 0 aliphatic heterocycles. The van der Waals surface area contributed by atoms with Gasteiger partial charge in [0.1, 0.15) is 5.82 Å². The van der Waals surface area contributed by atoms with Gasteiger partial charge in [0.15, 0.2) is 0 Å². The van der Waals surface area contributed by atoms with Gasteiger partial charge in [0, 0.05) is 10.4 Å². The van der Waals surface area contributed by atoms with Gasteiger partial charge < -0.3 is 4.98 Å². The first-order valence-electron chi connectivity index (χ1n) is 6.79. The van der Waals surface area contributed by atoms with Gasteiger partial charge in [-0.2, -0.15) is 0 Å². The number of imidazole rings is 1. The topological polar surface area (TPSA) is 28.7 Å². The molecule has 0 unspecified atom stereocenters. The number of hydrogen-bond donors (Lipinski definition) is 1. The van der Waals surface area contributed by atoms with Crippen LogP contribution < -0.4 is 0 Å². The molecule has 0 spiro atoms. The zero-order valence-electron chi connectivity index (χ0n) is 11.0. The van der Waals surface area contributed by atoms with Crippen molar-refractivity contribution in [1.82, 2.24) is 9.97 Å². The van der Waals surface area contributed by atoms with Crippen LogP contribution in [0.15, 0.2) is 16.6 Å². The smallest absolute Gasteiger partial charge is 0.110 e. The number of nitrogens with zero attached hydrogens (tertiary/aromatic N) is 1. The summed E-state index contributed by atoms with van der Waals surface area (Å²) in [4.78, 5) is 8.35. The van der Waals surface area contributed by atoms with Crippen molar-refractivity contribution in [2.24, 2.45) is 5.92 Å². The highest BCUT2D eigenvalue weighted by molar-refractivity contribution is 9.10. The lowest BCUT2D eigenvalue weighted by molar-refractivity contribution is 0.341. The Bertz CT molecular complexity index is 565. The minimum atomic E-state index is 0.631. The number of aromatic nitrogens is 2. The van der Waals surface area contributed by atoms with Crippen molar-refractivity contribution >= 4 is 27.0 Å². The third-order valence-corrected chi connectivity index (χ3v) is 4.62. The second kappa shape index (κ2) is 4.69. The Balaban J connectivity index is 1.96. The second-order valence-corrected chi connectivity index (χ2v) is 6.61. The molecule has 1 aromatic heterocycles. The summed E-state index contributed by atoms with van der Waals surface area (Å²) in [5.41, 5.74) is 3.54. The molecular formula is C15H19BrN2. The molecule has 1 aromatic carbocycles. The highest BCUT2D eigenvalue weighted by atomic mass is 79.9. The highest BCUT2D eigenvalue weighted by Gasteiger charge is 2.22. The lowest BCUT2D eigenvalue weighted by Crippen LogP contribution is -2.11. The molecular weight excluding hydrogens is 288 g/mol. The molecule has 96 valence electrons. The molecule has 0 atom stereocenters. The third kappa shape index (κ3) is 2.20. The van der Waals surface area contributed by atoms with Crippen molar-refractivity contribution in [2.75, 3.05) is 0 Å². The van der Waals surface area contributed by atoms with Gasteiger partial charge >= 0.3 is 0 Å². The molecule has 1 aliphatic carbocycles. The van der Waals surface area contributed by atoms with Crippen molar-refractivity contribution < 1.29 is 0 Å². The molecule has 0 amide bonds. The van der Waals surface area contributed by atoms with E-state index in [-0.39, 0.29) is 0 Å². The van der Waals surface area contributed by atoms with E-state index in [0.29, 0.717) is 5.92 Å². The predicted molar refractivity (Wildman–Crippen MR) is 78.9 cm³/mol. The maximum atomic E-state index is 4.83. The van der Waals surface area contributed by atoms with E-state index < -0.39 is 0 Å². The van der Waals surface area contributed by atoms with E-state index in [1.54, 1.807) is 0 Å². The van der Waals surface area contributed by atoms with Crippen LogP contribution in [-0.4, -0.2) is 9.97 Å². The number of aryl methyl sites for hydroxylation is 1. The molecule has 1 fully saturated rings. The number of aromatic amines is 1. The molecule has 1 heterocycles. The fourth-order valence-electron chi connectivity index (χ4n) is 2.99. The standard InChI is InChI=1S/C15H19BrN2/c1-9-3-5-11(6-4-9)15-17-13-8-12(16)7-10(2)14(13)18-15/h7-9,11H,3-6H2,1-2H3,(H,17,18). The van der Waals surface area contributed by atoms with Crippen LogP contribution in [0.3, 0.4) is 0 Å². The minimum Gasteiger partial charge on any atom is -0.342 e. The second-order valence-electron chi connectivity index (χ2n) is 5.70. The molecule has 2 aromatic rings. The Morgan fingerprint density at radius 1 is 1.22 bits per heavy atom. The molecule has 0 bridgehead atoms. The summed E-state index contributed by atoms with van der Waals surface area (Å²) in [6.45, 7) is 4.48. The van der Waals surface area contributed by atoms with Crippen LogP contribution in [0.1, 0.15) is 49.9 Å². The van der Waals surface area contributed by atoms with Crippen LogP contribution in [0, 0.1) is 12.8 Å². The molecule has 1 saturated carbocycles. The highest BCUT2D eigenvalue weighted by Crippen LogP contribution is 2.35. The predicted octanol–water partition coefficient (Wildman–Crippen LogP) is 4.93. The van der Waals surface area contributed by atoms with Crippen LogP contribution in [0.4, 0.5) is 0 Å². The molecule has 3 heteroatoms. The molecule has 18 heavy (non-hydrogen) atoms. The van der Waals surface area contributed by atoms with E-state index in [0.717, 1.165) is 21.4 Å². The first kappa shape index (κ1) is 12.2. The Labute approximate surface area is 116 Å². The maximum Gasteiger partial charge on any atom is 0.110 e. The Hall–Kier alpha value is -0.830. The summed E-state index contributed by atoms with van der Waals surface area (Å²) in [5.74, 6) is 2.71. The van der Waals surface area contributed by atoms with Gasteiger partial charge in [-0.1, -0.05) is 35.7 Å². The van der Waals surface area contributed by atoms with Crippen molar-refractivity contribution in [1.29, 1.82) is 0 Å². The first-order chi connectivity index (χ1) is 8.63. The quantitative estimate of drug-likeness (QED) is 0.795. The number of halogens is 1. The van der Waals surface area contributed by atoms with E-state index in [2.05, 4.69) is 46.9 Å². The van der Waals surface area contributed by atoms with E-state index >= 15 is 0 Å². The van der Waals surface area contributed by atoms with Crippen LogP contribution in [0.25, 0.3) is 11.0 Å². The van der Waals surface area contributed by atoms with E-state index in [1.165, 1.54) is 37.1 Å². The van der Waals surface area contributed by atoms with Gasteiger partial charge in [0.2, 0.25) is 0 Å². The van der Waals surface area contributed by atoms with E-state index in [1.807, 2.05) is 0 Å². The number of rotatable bonds is 1. The number of benzene rings is 1. The summed E-state index contributed by atoms with van der Waals surface area (Å²) < 4.78 is 1.12. The minimum absolute atomic E-state index is 0.631. The summed E-state index contributed by atoms with van der Waals surface area (Å²) in [5, 5.41) is 0. The average molecular weight is 307 g/mol. The molecule has 1 aliphatic rings. The van der Waals surface area contributed by atoms with Crippen molar-refractivity contribution in [2.45, 2.75) is 45.4 Å². The van der Waals surface area contributed by atoms with Gasteiger partial charge in [-0.25, -0.2) is 4.98 Å². The largest absolute Gasteiger partial charge is 0.342 e. The van der Waals surface area contributed by atoms with Crippen LogP contribution in [-0.2, 0) is 0 Å². The number of nitrogens with one attached hydrogen (secondary N) is 1. The fourth-order valence-corrected chi connectivity index (χ4v) is 3.56. The van der Waals surface area contributed by atoms with Crippen molar-refractivity contribution in [3.63, 3.8) is 0 Å². The zero-order valence-corrected chi connectivity index (χ0v) is 12.5. The number of fused-ring (bicyclic) bond motifs is 1. The van der Waals surface area contributed by atoms with Gasteiger partial charge in [-0.3, -0.25) is 0 Å². The average Bonchev–Trinajstić information content (AvgIpc) is 2.74. The molecule has 1 N–H and O–H groups in total. The van der Waals surface area contributed by atoms with Gasteiger partial charge in [0.05, 0.1) is 11.0 Å². The van der Waals surface area contributed by atoms with Crippen molar-refractivity contribution in [3.05, 3.63) is 28.0 Å². The molecule has 0 saturated heterocycles. The summed E-state index contributed by atoms with van der Waals surface area (Å²) >= 11 is 3.55. The molecule has 2 nitrogen and oxygen atoms in total. The monoisotopic (exact) mass is 306 g/mol. The summed E-state index contributed by atoms with van der Waals surface area (Å²) in [6, 6.07) is 4.26. The fraction of sp³-hybridized carbons (Fsp3) is 0.533. The van der Waals surface area contributed by atoms with Crippen LogP contribution >= 0.6 is 15.9 Å².